The minimum Gasteiger partial charge on any atom is -0.453 e. The molecule has 1 atom stereocenters. The van der Waals surface area contributed by atoms with Gasteiger partial charge in [0.15, 0.2) is 12.7 Å². The van der Waals surface area contributed by atoms with Crippen molar-refractivity contribution in [2.75, 3.05) is 11.9 Å². The van der Waals surface area contributed by atoms with Gasteiger partial charge in [0.05, 0.1) is 5.69 Å². The summed E-state index contributed by atoms with van der Waals surface area (Å²) in [5, 5.41) is 12.7. The van der Waals surface area contributed by atoms with Crippen molar-refractivity contribution in [3.63, 3.8) is 0 Å². The Morgan fingerprint density at radius 2 is 1.50 bits per heavy atom. The fourth-order valence-electron chi connectivity index (χ4n) is 2.45. The monoisotopic (exact) mass is 393 g/mol. The lowest BCUT2D eigenvalue weighted by Crippen LogP contribution is -2.24. The molecule has 0 aliphatic carbocycles. The van der Waals surface area contributed by atoms with Crippen molar-refractivity contribution in [1.82, 2.24) is 0 Å². The van der Waals surface area contributed by atoms with Crippen LogP contribution in [0, 0.1) is 0 Å². The van der Waals surface area contributed by atoms with Crippen LogP contribution in [0.2, 0.25) is 0 Å². The number of esters is 1. The largest absolute Gasteiger partial charge is 0.453 e. The number of benzene rings is 3. The molecule has 142 valence electrons. The van der Waals surface area contributed by atoms with E-state index in [1.165, 1.54) is 11.8 Å². The summed E-state index contributed by atoms with van der Waals surface area (Å²) < 4.78 is 4.94. The zero-order valence-electron chi connectivity index (χ0n) is 14.9. The number of hydrogen-bond acceptors (Lipinski definition) is 5. The Morgan fingerprint density at radius 1 is 0.893 bits per heavy atom. The summed E-state index contributed by atoms with van der Waals surface area (Å²) >= 11 is 1.52. The number of ether oxygens (including phenoxy) is 1. The maximum atomic E-state index is 12.2. The number of hydrogen-bond donors (Lipinski definition) is 2. The van der Waals surface area contributed by atoms with Gasteiger partial charge >= 0.3 is 5.97 Å². The van der Waals surface area contributed by atoms with Crippen molar-refractivity contribution < 1.29 is 19.4 Å². The van der Waals surface area contributed by atoms with E-state index >= 15 is 0 Å². The lowest BCUT2D eigenvalue weighted by atomic mass is 10.1. The predicted octanol–water partition coefficient (Wildman–Crippen LogP) is 4.05. The first-order valence-electron chi connectivity index (χ1n) is 8.65. The highest BCUT2D eigenvalue weighted by molar-refractivity contribution is 7.99. The molecule has 0 aliphatic heterocycles. The van der Waals surface area contributed by atoms with E-state index in [-0.39, 0.29) is 0 Å². The molecule has 0 bridgehead atoms. The molecule has 0 saturated heterocycles. The maximum absolute atomic E-state index is 12.2. The van der Waals surface area contributed by atoms with Crippen molar-refractivity contribution in [3.05, 3.63) is 90.5 Å². The Bertz CT molecular complexity index is 932. The lowest BCUT2D eigenvalue weighted by molar-refractivity contribution is -0.156. The van der Waals surface area contributed by atoms with Gasteiger partial charge in [0.25, 0.3) is 5.91 Å². The number of carbonyl (C=O) groups excluding carboxylic acids is 2. The zero-order chi connectivity index (χ0) is 19.8. The van der Waals surface area contributed by atoms with Crippen LogP contribution in [0.5, 0.6) is 0 Å². The molecule has 3 rings (SSSR count). The van der Waals surface area contributed by atoms with E-state index in [1.54, 1.807) is 36.4 Å². The molecule has 0 heterocycles. The highest BCUT2D eigenvalue weighted by Gasteiger charge is 2.20. The van der Waals surface area contributed by atoms with Gasteiger partial charge in [0.2, 0.25) is 0 Å². The zero-order valence-corrected chi connectivity index (χ0v) is 15.8. The second-order valence-electron chi connectivity index (χ2n) is 5.88. The van der Waals surface area contributed by atoms with E-state index in [4.69, 9.17) is 4.74 Å². The molecule has 3 aromatic carbocycles. The molecule has 0 radical (unpaired) electrons. The summed E-state index contributed by atoms with van der Waals surface area (Å²) in [5.41, 5.74) is 1.04. The Morgan fingerprint density at radius 3 is 2.21 bits per heavy atom. The molecule has 2 N–H and O–H groups in total. The molecule has 6 heteroatoms. The number of para-hydroxylation sites is 1. The van der Waals surface area contributed by atoms with Crippen LogP contribution in [0.3, 0.4) is 0 Å². The number of aliphatic hydroxyl groups excluding tert-OH is 1. The van der Waals surface area contributed by atoms with E-state index < -0.39 is 24.6 Å². The van der Waals surface area contributed by atoms with Crippen LogP contribution in [0.15, 0.2) is 94.7 Å². The molecule has 1 amide bonds. The Kier molecular flexibility index (Phi) is 6.84. The summed E-state index contributed by atoms with van der Waals surface area (Å²) in [6.45, 7) is -0.479. The standard InChI is InChI=1S/C22H19NO4S/c24-20(15-27-22(26)21(25)16-9-3-1-4-10-16)23-18-13-7-8-14-19(18)28-17-11-5-2-6-12-17/h1-14,21,25H,15H2,(H,23,24)/t21-/m1/s1. The van der Waals surface area contributed by atoms with Gasteiger partial charge in [-0.2, -0.15) is 0 Å². The summed E-state index contributed by atoms with van der Waals surface area (Å²) in [5.74, 6) is -1.34. The minimum absolute atomic E-state index is 0.414. The quantitative estimate of drug-likeness (QED) is 0.592. The predicted molar refractivity (Wildman–Crippen MR) is 108 cm³/mol. The first-order chi connectivity index (χ1) is 13.6. The van der Waals surface area contributed by atoms with Gasteiger partial charge in [0, 0.05) is 9.79 Å². The lowest BCUT2D eigenvalue weighted by Gasteiger charge is -2.13. The summed E-state index contributed by atoms with van der Waals surface area (Å²) in [6.07, 6.45) is -1.42. The first-order valence-corrected chi connectivity index (χ1v) is 9.46. The molecule has 28 heavy (non-hydrogen) atoms. The number of nitrogens with one attached hydrogen (secondary N) is 1. The smallest absolute Gasteiger partial charge is 0.340 e. The molecular formula is C22H19NO4S. The highest BCUT2D eigenvalue weighted by Crippen LogP contribution is 2.33. The number of aliphatic hydroxyl groups is 1. The van der Waals surface area contributed by atoms with E-state index in [9.17, 15) is 14.7 Å². The molecule has 0 unspecified atom stereocenters. The fraction of sp³-hybridized carbons (Fsp3) is 0.0909. The van der Waals surface area contributed by atoms with E-state index in [1.807, 2.05) is 48.5 Å². The van der Waals surface area contributed by atoms with Crippen LogP contribution in [0.4, 0.5) is 5.69 Å². The summed E-state index contributed by atoms with van der Waals surface area (Å²) in [6, 6.07) is 25.6. The van der Waals surface area contributed by atoms with Gasteiger partial charge < -0.3 is 15.2 Å². The van der Waals surface area contributed by atoms with Crippen molar-refractivity contribution in [2.45, 2.75) is 15.9 Å². The van der Waals surface area contributed by atoms with Gasteiger partial charge in [-0.3, -0.25) is 4.79 Å². The van der Waals surface area contributed by atoms with Crippen LogP contribution in [-0.4, -0.2) is 23.6 Å². The third kappa shape index (κ3) is 5.45. The molecule has 5 nitrogen and oxygen atoms in total. The average Bonchev–Trinajstić information content (AvgIpc) is 2.74. The van der Waals surface area contributed by atoms with Crippen LogP contribution < -0.4 is 5.32 Å². The molecule has 0 spiro atoms. The third-order valence-corrected chi connectivity index (χ3v) is 4.90. The third-order valence-electron chi connectivity index (χ3n) is 3.82. The molecule has 0 aromatic heterocycles. The molecule has 0 saturated carbocycles. The molecule has 0 aliphatic rings. The van der Waals surface area contributed by atoms with Crippen LogP contribution in [-0.2, 0) is 14.3 Å². The first kappa shape index (κ1) is 19.7. The topological polar surface area (TPSA) is 75.6 Å². The number of carbonyl (C=O) groups is 2. The van der Waals surface area contributed by atoms with Crippen molar-refractivity contribution in [1.29, 1.82) is 0 Å². The highest BCUT2D eigenvalue weighted by atomic mass is 32.2. The van der Waals surface area contributed by atoms with E-state index in [0.29, 0.717) is 11.3 Å². The van der Waals surface area contributed by atoms with Gasteiger partial charge in [-0.05, 0) is 29.8 Å². The number of rotatable bonds is 7. The van der Waals surface area contributed by atoms with Gasteiger partial charge in [0.1, 0.15) is 0 Å². The number of amides is 1. The van der Waals surface area contributed by atoms with Crippen LogP contribution >= 0.6 is 11.8 Å². The fourth-order valence-corrected chi connectivity index (χ4v) is 3.37. The van der Waals surface area contributed by atoms with Gasteiger partial charge in [-0.1, -0.05) is 72.4 Å². The second-order valence-corrected chi connectivity index (χ2v) is 7.00. The normalized spacial score (nSPS) is 11.5. The van der Waals surface area contributed by atoms with Crippen LogP contribution in [0.25, 0.3) is 0 Å². The van der Waals surface area contributed by atoms with E-state index in [0.717, 1.165) is 9.79 Å². The SMILES string of the molecule is O=C(COC(=O)[C@H](O)c1ccccc1)Nc1ccccc1Sc1ccccc1. The molecule has 0 fully saturated rings. The summed E-state index contributed by atoms with van der Waals surface area (Å²) in [4.78, 5) is 26.1. The Balaban J connectivity index is 1.57. The molecular weight excluding hydrogens is 374 g/mol. The van der Waals surface area contributed by atoms with Gasteiger partial charge in [-0.15, -0.1) is 0 Å². The number of anilines is 1. The summed E-state index contributed by atoms with van der Waals surface area (Å²) in [7, 11) is 0. The Hall–Kier alpha value is -3.09. The van der Waals surface area contributed by atoms with E-state index in [2.05, 4.69) is 5.32 Å². The van der Waals surface area contributed by atoms with Crippen molar-refractivity contribution in [3.8, 4) is 0 Å². The molecule has 3 aromatic rings. The van der Waals surface area contributed by atoms with Gasteiger partial charge in [-0.25, -0.2) is 4.79 Å². The minimum atomic E-state index is -1.42. The second kappa shape index (κ2) is 9.73. The van der Waals surface area contributed by atoms with Crippen molar-refractivity contribution >= 4 is 29.3 Å². The van der Waals surface area contributed by atoms with Crippen molar-refractivity contribution in [2.24, 2.45) is 0 Å². The maximum Gasteiger partial charge on any atom is 0.340 e. The Labute approximate surface area is 167 Å². The average molecular weight is 393 g/mol. The van der Waals surface area contributed by atoms with Crippen LogP contribution in [0.1, 0.15) is 11.7 Å².